The molecule has 2 rings (SSSR count). The van der Waals surface area contributed by atoms with Gasteiger partial charge in [-0.05, 0) is 19.1 Å². The van der Waals surface area contributed by atoms with Crippen molar-refractivity contribution in [2.75, 3.05) is 0 Å². The minimum Gasteiger partial charge on any atom is -0.295 e. The molecule has 1 aromatic carbocycles. The van der Waals surface area contributed by atoms with Crippen LogP contribution in [0.3, 0.4) is 0 Å². The van der Waals surface area contributed by atoms with Gasteiger partial charge >= 0.3 is 6.18 Å². The summed E-state index contributed by atoms with van der Waals surface area (Å²) in [7, 11) is 0. The van der Waals surface area contributed by atoms with Gasteiger partial charge in [0.1, 0.15) is 17.2 Å². The van der Waals surface area contributed by atoms with Crippen molar-refractivity contribution in [1.82, 2.24) is 9.78 Å². The number of ketones is 1. The van der Waals surface area contributed by atoms with Crippen LogP contribution >= 0.6 is 0 Å². The van der Waals surface area contributed by atoms with Crippen LogP contribution in [0, 0.1) is 18.6 Å². The molecule has 2 aromatic rings. The number of carbonyl (C=O) groups excluding carboxylic acids is 1. The summed E-state index contributed by atoms with van der Waals surface area (Å²) in [6.45, 7) is 1.08. The summed E-state index contributed by atoms with van der Waals surface area (Å²) in [5, 5.41) is 2.19. The molecule has 0 aliphatic rings. The third kappa shape index (κ3) is 2.71. The lowest BCUT2D eigenvalue weighted by Crippen LogP contribution is -2.29. The van der Waals surface area contributed by atoms with Crippen LogP contribution in [0.5, 0.6) is 0 Å². The van der Waals surface area contributed by atoms with Gasteiger partial charge in [-0.15, -0.1) is 0 Å². The first-order chi connectivity index (χ1) is 9.61. The van der Waals surface area contributed by atoms with E-state index in [1.807, 2.05) is 0 Å². The predicted octanol–water partition coefficient (Wildman–Crippen LogP) is 2.50. The number of benzene rings is 1. The zero-order valence-electron chi connectivity index (χ0n) is 10.4. The van der Waals surface area contributed by atoms with Crippen molar-refractivity contribution in [1.29, 1.82) is 0 Å². The van der Waals surface area contributed by atoms with E-state index in [1.54, 1.807) is 0 Å². The summed E-state index contributed by atoms with van der Waals surface area (Å²) in [5.74, 6) is -4.36. The number of nitrogens with zero attached hydrogens (tertiary/aromatic N) is 1. The lowest BCUT2D eigenvalue weighted by molar-refractivity contribution is -0.0886. The van der Waals surface area contributed by atoms with Crippen molar-refractivity contribution in [3.8, 4) is 5.69 Å². The number of Topliss-reactive ketones (excluding diaryl/α,β-unsaturated/α-hetero) is 1. The van der Waals surface area contributed by atoms with Crippen molar-refractivity contribution in [2.45, 2.75) is 13.1 Å². The molecule has 0 fully saturated rings. The van der Waals surface area contributed by atoms with E-state index in [2.05, 4.69) is 5.10 Å². The van der Waals surface area contributed by atoms with Crippen LogP contribution in [0.2, 0.25) is 0 Å². The molecule has 0 spiro atoms. The lowest BCUT2D eigenvalue weighted by atomic mass is 10.1. The van der Waals surface area contributed by atoms with Gasteiger partial charge in [-0.25, -0.2) is 13.5 Å². The van der Waals surface area contributed by atoms with Gasteiger partial charge in [-0.2, -0.15) is 13.2 Å². The number of aromatic nitrogens is 2. The van der Waals surface area contributed by atoms with Gasteiger partial charge < -0.3 is 0 Å². The van der Waals surface area contributed by atoms with Crippen LogP contribution in [0.4, 0.5) is 22.0 Å². The number of aromatic amines is 1. The molecule has 0 bridgehead atoms. The summed E-state index contributed by atoms with van der Waals surface area (Å²) >= 11 is 0. The molecule has 112 valence electrons. The van der Waals surface area contributed by atoms with E-state index in [4.69, 9.17) is 0 Å². The van der Waals surface area contributed by atoms with E-state index >= 15 is 0 Å². The summed E-state index contributed by atoms with van der Waals surface area (Å²) in [5.41, 5.74) is -3.17. The normalized spacial score (nSPS) is 11.7. The SMILES string of the molecule is Cc1[nH]n(-c2cc(F)cc(F)c2)c(=O)c1C(=O)C(F)(F)F. The Labute approximate surface area is 113 Å². The Morgan fingerprint density at radius 3 is 2.14 bits per heavy atom. The molecule has 0 aliphatic carbocycles. The molecule has 0 amide bonds. The van der Waals surface area contributed by atoms with Crippen molar-refractivity contribution in [3.05, 3.63) is 51.4 Å². The fraction of sp³-hybridized carbons (Fsp3) is 0.167. The molecule has 4 nitrogen and oxygen atoms in total. The van der Waals surface area contributed by atoms with E-state index in [9.17, 15) is 31.5 Å². The molecule has 0 radical (unpaired) electrons. The number of halogens is 5. The molecule has 21 heavy (non-hydrogen) atoms. The van der Waals surface area contributed by atoms with E-state index < -0.39 is 34.7 Å². The van der Waals surface area contributed by atoms with E-state index in [0.29, 0.717) is 10.7 Å². The Morgan fingerprint density at radius 2 is 1.67 bits per heavy atom. The van der Waals surface area contributed by atoms with Gasteiger partial charge in [-0.3, -0.25) is 14.7 Å². The average molecular weight is 306 g/mol. The highest BCUT2D eigenvalue weighted by Gasteiger charge is 2.42. The summed E-state index contributed by atoms with van der Waals surface area (Å²) in [6, 6.07) is 2.01. The number of H-pyrrole nitrogens is 1. The van der Waals surface area contributed by atoms with Crippen LogP contribution in [0.1, 0.15) is 16.1 Å². The molecule has 1 N–H and O–H groups in total. The Morgan fingerprint density at radius 1 is 1.14 bits per heavy atom. The second-order valence-electron chi connectivity index (χ2n) is 4.21. The fourth-order valence-corrected chi connectivity index (χ4v) is 1.81. The second-order valence-corrected chi connectivity index (χ2v) is 4.21. The number of hydrogen-bond donors (Lipinski definition) is 1. The van der Waals surface area contributed by atoms with Crippen molar-refractivity contribution >= 4 is 5.78 Å². The van der Waals surface area contributed by atoms with Crippen molar-refractivity contribution < 1.29 is 26.7 Å². The molecular formula is C12H7F5N2O2. The van der Waals surface area contributed by atoms with Crippen LogP contribution < -0.4 is 5.56 Å². The maximum absolute atomic E-state index is 13.1. The highest BCUT2D eigenvalue weighted by molar-refractivity contribution is 6.00. The summed E-state index contributed by atoms with van der Waals surface area (Å²) in [6.07, 6.45) is -5.23. The fourth-order valence-electron chi connectivity index (χ4n) is 1.81. The van der Waals surface area contributed by atoms with Gasteiger partial charge in [0.25, 0.3) is 11.3 Å². The first kappa shape index (κ1) is 14.9. The van der Waals surface area contributed by atoms with E-state index in [0.717, 1.165) is 19.1 Å². The zero-order valence-corrected chi connectivity index (χ0v) is 10.4. The number of hydrogen-bond acceptors (Lipinski definition) is 2. The Balaban J connectivity index is 2.64. The Kier molecular flexibility index (Phi) is 3.44. The first-order valence-electron chi connectivity index (χ1n) is 5.51. The molecule has 0 saturated carbocycles. The summed E-state index contributed by atoms with van der Waals surface area (Å²) in [4.78, 5) is 23.0. The predicted molar refractivity (Wildman–Crippen MR) is 61.4 cm³/mol. The summed E-state index contributed by atoms with van der Waals surface area (Å²) < 4.78 is 63.9. The largest absolute Gasteiger partial charge is 0.455 e. The third-order valence-electron chi connectivity index (χ3n) is 2.66. The quantitative estimate of drug-likeness (QED) is 0.684. The molecule has 1 heterocycles. The molecule has 0 atom stereocenters. The van der Waals surface area contributed by atoms with Crippen molar-refractivity contribution in [2.24, 2.45) is 0 Å². The first-order valence-corrected chi connectivity index (χ1v) is 5.51. The molecule has 0 unspecified atom stereocenters. The molecule has 9 heteroatoms. The Hall–Kier alpha value is -2.45. The van der Waals surface area contributed by atoms with Gasteiger partial charge in [-0.1, -0.05) is 0 Å². The molecular weight excluding hydrogens is 299 g/mol. The van der Waals surface area contributed by atoms with Gasteiger partial charge in [0, 0.05) is 11.8 Å². The number of rotatable bonds is 2. The maximum Gasteiger partial charge on any atom is 0.455 e. The maximum atomic E-state index is 13.1. The van der Waals surface area contributed by atoms with Crippen LogP contribution in [0.15, 0.2) is 23.0 Å². The average Bonchev–Trinajstić information content (AvgIpc) is 2.61. The van der Waals surface area contributed by atoms with E-state index in [-0.39, 0.29) is 11.4 Å². The second kappa shape index (κ2) is 4.83. The number of nitrogens with one attached hydrogen (secondary N) is 1. The molecule has 1 aromatic heterocycles. The lowest BCUT2D eigenvalue weighted by Gasteiger charge is -2.02. The Bertz CT molecular complexity index is 753. The smallest absolute Gasteiger partial charge is 0.295 e. The topological polar surface area (TPSA) is 54.9 Å². The number of aryl methyl sites for hydroxylation is 1. The van der Waals surface area contributed by atoms with Crippen LogP contribution in [-0.2, 0) is 0 Å². The number of carbonyl (C=O) groups is 1. The highest BCUT2D eigenvalue weighted by atomic mass is 19.4. The molecule has 0 saturated heterocycles. The van der Waals surface area contributed by atoms with Gasteiger partial charge in [0.05, 0.1) is 5.69 Å². The van der Waals surface area contributed by atoms with Gasteiger partial charge in [0.15, 0.2) is 0 Å². The van der Waals surface area contributed by atoms with Crippen molar-refractivity contribution in [3.63, 3.8) is 0 Å². The van der Waals surface area contributed by atoms with Gasteiger partial charge in [0.2, 0.25) is 0 Å². The standard InChI is InChI=1S/C12H7F5N2O2/c1-5-9(10(20)12(15,16)17)11(21)19(18-5)8-3-6(13)2-7(14)4-8/h2-4,18H,1H3. The minimum atomic E-state index is -5.23. The van der Waals surface area contributed by atoms with Crippen LogP contribution in [0.25, 0.3) is 5.69 Å². The molecule has 0 aliphatic heterocycles. The third-order valence-corrected chi connectivity index (χ3v) is 2.66. The minimum absolute atomic E-state index is 0.355. The monoisotopic (exact) mass is 306 g/mol. The van der Waals surface area contributed by atoms with Crippen LogP contribution in [-0.4, -0.2) is 21.7 Å². The van der Waals surface area contributed by atoms with E-state index in [1.165, 1.54) is 0 Å². The number of alkyl halides is 3. The highest BCUT2D eigenvalue weighted by Crippen LogP contribution is 2.21. The zero-order chi connectivity index (χ0) is 15.9.